The first-order valence-electron chi connectivity index (χ1n) is 5.50. The number of benzene rings is 1. The lowest BCUT2D eigenvalue weighted by Crippen LogP contribution is -2.24. The molecule has 0 bridgehead atoms. The Morgan fingerprint density at radius 3 is 2.67 bits per heavy atom. The molecule has 0 heterocycles. The van der Waals surface area contributed by atoms with E-state index >= 15 is 0 Å². The third-order valence-corrected chi connectivity index (χ3v) is 2.99. The largest absolute Gasteiger partial charge is 0.352 e. The van der Waals surface area contributed by atoms with E-state index in [2.05, 4.69) is 37.4 Å². The third-order valence-electron chi connectivity index (χ3n) is 2.99. The van der Waals surface area contributed by atoms with Crippen molar-refractivity contribution in [1.82, 2.24) is 5.32 Å². The number of carbonyl (C=O) groups excluding carboxylic acids is 1. The third kappa shape index (κ3) is 2.58. The summed E-state index contributed by atoms with van der Waals surface area (Å²) in [5.74, 6) is 0.518. The fraction of sp³-hybridized carbons (Fsp3) is 0.462. The van der Waals surface area contributed by atoms with Crippen LogP contribution in [0.1, 0.15) is 29.5 Å². The molecule has 1 aromatic rings. The molecule has 80 valence electrons. The zero-order valence-corrected chi connectivity index (χ0v) is 9.34. The van der Waals surface area contributed by atoms with E-state index in [1.54, 1.807) is 0 Å². The Morgan fingerprint density at radius 1 is 1.33 bits per heavy atom. The van der Waals surface area contributed by atoms with Crippen molar-refractivity contribution in [2.45, 2.75) is 33.2 Å². The fourth-order valence-electron chi connectivity index (χ4n) is 1.59. The van der Waals surface area contributed by atoms with E-state index < -0.39 is 0 Å². The lowest BCUT2D eigenvalue weighted by Gasteiger charge is -2.06. The summed E-state index contributed by atoms with van der Waals surface area (Å²) in [7, 11) is 0. The van der Waals surface area contributed by atoms with Gasteiger partial charge < -0.3 is 5.32 Å². The lowest BCUT2D eigenvalue weighted by atomic mass is 10.1. The second kappa shape index (κ2) is 4.05. The van der Waals surface area contributed by atoms with Crippen LogP contribution >= 0.6 is 0 Å². The van der Waals surface area contributed by atoms with E-state index in [9.17, 15) is 4.79 Å². The Kier molecular flexibility index (Phi) is 2.76. The van der Waals surface area contributed by atoms with Crippen molar-refractivity contribution in [3.05, 3.63) is 34.9 Å². The minimum Gasteiger partial charge on any atom is -0.352 e. The van der Waals surface area contributed by atoms with E-state index in [0.29, 0.717) is 12.5 Å². The van der Waals surface area contributed by atoms with Gasteiger partial charge in [-0.25, -0.2) is 0 Å². The molecule has 1 aliphatic rings. The zero-order chi connectivity index (χ0) is 10.8. The van der Waals surface area contributed by atoms with Crippen LogP contribution in [0.3, 0.4) is 0 Å². The van der Waals surface area contributed by atoms with Crippen molar-refractivity contribution < 1.29 is 4.79 Å². The predicted octanol–water partition coefficient (Wildman–Crippen LogP) is 2.33. The molecule has 1 N–H and O–H groups in total. The van der Waals surface area contributed by atoms with Crippen molar-refractivity contribution in [1.29, 1.82) is 0 Å². The average Bonchev–Trinajstić information content (AvgIpc) is 3.03. The highest BCUT2D eigenvalue weighted by atomic mass is 16.2. The summed E-state index contributed by atoms with van der Waals surface area (Å²) >= 11 is 0. The number of rotatable bonds is 3. The maximum absolute atomic E-state index is 11.4. The molecule has 2 nitrogen and oxygen atoms in total. The number of hydrogen-bond acceptors (Lipinski definition) is 1. The highest BCUT2D eigenvalue weighted by Gasteiger charge is 2.29. The first-order chi connectivity index (χ1) is 7.16. The van der Waals surface area contributed by atoms with E-state index in [4.69, 9.17) is 0 Å². The van der Waals surface area contributed by atoms with Crippen molar-refractivity contribution >= 4 is 5.91 Å². The van der Waals surface area contributed by atoms with E-state index in [0.717, 1.165) is 12.8 Å². The highest BCUT2D eigenvalue weighted by Crippen LogP contribution is 2.28. The Labute approximate surface area is 90.7 Å². The Balaban J connectivity index is 1.92. The maximum atomic E-state index is 11.4. The molecular formula is C13H17NO. The molecular weight excluding hydrogens is 186 g/mol. The minimum absolute atomic E-state index is 0.216. The summed E-state index contributed by atoms with van der Waals surface area (Å²) in [4.78, 5) is 11.4. The molecule has 2 rings (SSSR count). The summed E-state index contributed by atoms with van der Waals surface area (Å²) < 4.78 is 0. The second-order valence-corrected chi connectivity index (χ2v) is 4.41. The Morgan fingerprint density at radius 2 is 2.07 bits per heavy atom. The molecule has 2 heteroatoms. The van der Waals surface area contributed by atoms with Gasteiger partial charge in [-0.15, -0.1) is 0 Å². The van der Waals surface area contributed by atoms with Gasteiger partial charge in [0.15, 0.2) is 0 Å². The van der Waals surface area contributed by atoms with Crippen molar-refractivity contribution in [2.24, 2.45) is 5.92 Å². The molecule has 15 heavy (non-hydrogen) atoms. The van der Waals surface area contributed by atoms with Gasteiger partial charge in [0.25, 0.3) is 0 Å². The molecule has 1 aliphatic carbocycles. The van der Waals surface area contributed by atoms with Crippen LogP contribution in [0.4, 0.5) is 0 Å². The molecule has 1 amide bonds. The lowest BCUT2D eigenvalue weighted by molar-refractivity contribution is -0.122. The van der Waals surface area contributed by atoms with E-state index in [1.165, 1.54) is 16.7 Å². The fourth-order valence-corrected chi connectivity index (χ4v) is 1.59. The van der Waals surface area contributed by atoms with E-state index in [1.807, 2.05) is 0 Å². The van der Waals surface area contributed by atoms with Crippen LogP contribution in [-0.4, -0.2) is 5.91 Å². The monoisotopic (exact) mass is 203 g/mol. The van der Waals surface area contributed by atoms with Crippen molar-refractivity contribution in [2.75, 3.05) is 0 Å². The summed E-state index contributed by atoms with van der Waals surface area (Å²) in [6, 6.07) is 6.33. The van der Waals surface area contributed by atoms with Gasteiger partial charge in [0, 0.05) is 12.5 Å². The van der Waals surface area contributed by atoms with Gasteiger partial charge >= 0.3 is 0 Å². The SMILES string of the molecule is Cc1ccc(CNC(=O)C2CC2)cc1C. The molecule has 0 spiro atoms. The van der Waals surface area contributed by atoms with Crippen LogP contribution in [0.25, 0.3) is 0 Å². The van der Waals surface area contributed by atoms with Crippen LogP contribution in [0, 0.1) is 19.8 Å². The molecule has 0 atom stereocenters. The molecule has 0 saturated heterocycles. The Bertz CT molecular complexity index is 380. The molecule has 0 unspecified atom stereocenters. The summed E-state index contributed by atoms with van der Waals surface area (Å²) in [5.41, 5.74) is 3.77. The number of nitrogens with one attached hydrogen (secondary N) is 1. The highest BCUT2D eigenvalue weighted by molar-refractivity contribution is 5.80. The van der Waals surface area contributed by atoms with Gasteiger partial charge in [0.2, 0.25) is 5.91 Å². The summed E-state index contributed by atoms with van der Waals surface area (Å²) in [6.07, 6.45) is 2.14. The van der Waals surface area contributed by atoms with Crippen LogP contribution < -0.4 is 5.32 Å². The van der Waals surface area contributed by atoms with Crippen molar-refractivity contribution in [3.63, 3.8) is 0 Å². The quantitative estimate of drug-likeness (QED) is 0.802. The van der Waals surface area contributed by atoms with Crippen LogP contribution in [0.2, 0.25) is 0 Å². The van der Waals surface area contributed by atoms with Crippen LogP contribution in [0.15, 0.2) is 18.2 Å². The Hall–Kier alpha value is -1.31. The number of carbonyl (C=O) groups is 1. The molecule has 1 fully saturated rings. The smallest absolute Gasteiger partial charge is 0.223 e. The first kappa shape index (κ1) is 10.2. The molecule has 1 aromatic carbocycles. The van der Waals surface area contributed by atoms with Crippen molar-refractivity contribution in [3.8, 4) is 0 Å². The zero-order valence-electron chi connectivity index (χ0n) is 9.34. The standard InChI is InChI=1S/C13H17NO/c1-9-3-4-11(7-10(9)2)8-14-13(15)12-5-6-12/h3-4,7,12H,5-6,8H2,1-2H3,(H,14,15). The average molecular weight is 203 g/mol. The summed E-state index contributed by atoms with van der Waals surface area (Å²) in [6.45, 7) is 4.86. The molecule has 0 radical (unpaired) electrons. The van der Waals surface area contributed by atoms with Gasteiger partial charge in [-0.1, -0.05) is 18.2 Å². The first-order valence-corrected chi connectivity index (χ1v) is 5.50. The van der Waals surface area contributed by atoms with Gasteiger partial charge in [-0.3, -0.25) is 4.79 Å². The number of aryl methyl sites for hydroxylation is 2. The normalized spacial score (nSPS) is 15.1. The van der Waals surface area contributed by atoms with Gasteiger partial charge in [-0.2, -0.15) is 0 Å². The van der Waals surface area contributed by atoms with E-state index in [-0.39, 0.29) is 5.91 Å². The van der Waals surface area contributed by atoms with Crippen LogP contribution in [-0.2, 0) is 11.3 Å². The number of amides is 1. The van der Waals surface area contributed by atoms with Gasteiger partial charge in [0.1, 0.15) is 0 Å². The number of hydrogen-bond donors (Lipinski definition) is 1. The van der Waals surface area contributed by atoms with Crippen LogP contribution in [0.5, 0.6) is 0 Å². The molecule has 1 saturated carbocycles. The van der Waals surface area contributed by atoms with Gasteiger partial charge in [0.05, 0.1) is 0 Å². The summed E-state index contributed by atoms with van der Waals surface area (Å²) in [5, 5.41) is 2.97. The minimum atomic E-state index is 0.216. The topological polar surface area (TPSA) is 29.1 Å². The van der Waals surface area contributed by atoms with Gasteiger partial charge in [-0.05, 0) is 43.4 Å². The predicted molar refractivity (Wildman–Crippen MR) is 60.5 cm³/mol. The molecule has 0 aliphatic heterocycles. The maximum Gasteiger partial charge on any atom is 0.223 e. The second-order valence-electron chi connectivity index (χ2n) is 4.41. The molecule has 0 aromatic heterocycles.